The molecule has 0 aliphatic carbocycles. The van der Waals surface area contributed by atoms with Gasteiger partial charge in [0.05, 0.1) is 5.56 Å². The molecule has 0 spiro atoms. The number of fused-ring (bicyclic) bond motifs is 1. The Kier molecular flexibility index (Phi) is 3.64. The first kappa shape index (κ1) is 14.6. The molecule has 1 heterocycles. The van der Waals surface area contributed by atoms with E-state index in [9.17, 15) is 18.0 Å². The molecule has 114 valence electrons. The van der Waals surface area contributed by atoms with Crippen molar-refractivity contribution in [1.82, 2.24) is 4.90 Å². The number of hydrogen-bond donors (Lipinski definition) is 0. The fourth-order valence-corrected chi connectivity index (χ4v) is 2.80. The molecule has 0 atom stereocenters. The molecular formula is C17H14F3NO. The van der Waals surface area contributed by atoms with Crippen molar-refractivity contribution in [2.75, 3.05) is 6.54 Å². The number of benzene rings is 2. The van der Waals surface area contributed by atoms with Crippen LogP contribution in [0.1, 0.15) is 27.0 Å². The lowest BCUT2D eigenvalue weighted by Gasteiger charge is -2.30. The minimum absolute atomic E-state index is 0.115. The normalized spacial score (nSPS) is 14.9. The van der Waals surface area contributed by atoms with Crippen LogP contribution in [0.4, 0.5) is 13.2 Å². The largest absolute Gasteiger partial charge is 0.416 e. The summed E-state index contributed by atoms with van der Waals surface area (Å²) in [4.78, 5) is 14.1. The van der Waals surface area contributed by atoms with Gasteiger partial charge in [-0.2, -0.15) is 13.2 Å². The minimum Gasteiger partial charge on any atom is -0.334 e. The van der Waals surface area contributed by atoms with Gasteiger partial charge in [-0.15, -0.1) is 0 Å². The standard InChI is InChI=1S/C17H14F3NO/c18-17(19,20)15-8-4-7-14-13(15)9-10-21(16(14)22)11-12-5-2-1-3-6-12/h1-8H,9-11H2. The first-order valence-corrected chi connectivity index (χ1v) is 6.99. The van der Waals surface area contributed by atoms with Crippen molar-refractivity contribution in [2.24, 2.45) is 0 Å². The molecule has 0 aromatic heterocycles. The Hall–Kier alpha value is -2.30. The second-order valence-electron chi connectivity index (χ2n) is 5.29. The summed E-state index contributed by atoms with van der Waals surface area (Å²) in [6.45, 7) is 0.711. The number of carbonyl (C=O) groups is 1. The number of rotatable bonds is 2. The SMILES string of the molecule is O=C1c2cccc(C(F)(F)F)c2CCN1Cc1ccccc1. The van der Waals surface area contributed by atoms with E-state index in [0.29, 0.717) is 13.1 Å². The lowest BCUT2D eigenvalue weighted by atomic mass is 9.93. The number of carbonyl (C=O) groups excluding carboxylic acids is 1. The molecule has 0 saturated carbocycles. The van der Waals surface area contributed by atoms with E-state index in [0.717, 1.165) is 11.6 Å². The Morgan fingerprint density at radius 1 is 1.00 bits per heavy atom. The molecule has 0 fully saturated rings. The van der Waals surface area contributed by atoms with Crippen molar-refractivity contribution in [1.29, 1.82) is 0 Å². The molecule has 1 amide bonds. The highest BCUT2D eigenvalue weighted by Gasteiger charge is 2.37. The summed E-state index contributed by atoms with van der Waals surface area (Å²) in [5.74, 6) is -0.337. The lowest BCUT2D eigenvalue weighted by Crippen LogP contribution is -2.38. The fourth-order valence-electron chi connectivity index (χ4n) is 2.80. The van der Waals surface area contributed by atoms with E-state index in [-0.39, 0.29) is 23.5 Å². The summed E-state index contributed by atoms with van der Waals surface area (Å²) in [7, 11) is 0. The maximum absolute atomic E-state index is 13.0. The summed E-state index contributed by atoms with van der Waals surface area (Å²) >= 11 is 0. The molecule has 0 saturated heterocycles. The molecule has 0 bridgehead atoms. The summed E-state index contributed by atoms with van der Waals surface area (Å²) < 4.78 is 39.1. The maximum atomic E-state index is 13.0. The van der Waals surface area contributed by atoms with E-state index in [1.165, 1.54) is 12.1 Å². The zero-order chi connectivity index (χ0) is 15.7. The van der Waals surface area contributed by atoms with Gasteiger partial charge in [-0.05, 0) is 29.7 Å². The quantitative estimate of drug-likeness (QED) is 0.824. The average Bonchev–Trinajstić information content (AvgIpc) is 2.50. The molecule has 2 aromatic rings. The van der Waals surface area contributed by atoms with Gasteiger partial charge in [0.1, 0.15) is 0 Å². The van der Waals surface area contributed by atoms with Gasteiger partial charge in [0.15, 0.2) is 0 Å². The van der Waals surface area contributed by atoms with Crippen LogP contribution in [0.5, 0.6) is 0 Å². The molecular weight excluding hydrogens is 291 g/mol. The van der Waals surface area contributed by atoms with Crippen LogP contribution in [0, 0.1) is 0 Å². The van der Waals surface area contributed by atoms with E-state index in [2.05, 4.69) is 0 Å². The monoisotopic (exact) mass is 305 g/mol. The Morgan fingerprint density at radius 3 is 2.41 bits per heavy atom. The smallest absolute Gasteiger partial charge is 0.334 e. The Morgan fingerprint density at radius 2 is 1.73 bits per heavy atom. The second-order valence-corrected chi connectivity index (χ2v) is 5.29. The van der Waals surface area contributed by atoms with Gasteiger partial charge < -0.3 is 4.90 Å². The van der Waals surface area contributed by atoms with Gasteiger partial charge in [0.2, 0.25) is 0 Å². The second kappa shape index (κ2) is 5.48. The van der Waals surface area contributed by atoms with Gasteiger partial charge in [-0.1, -0.05) is 36.4 Å². The first-order chi connectivity index (χ1) is 10.5. The third kappa shape index (κ3) is 2.71. The summed E-state index contributed by atoms with van der Waals surface area (Å²) in [6.07, 6.45) is -4.20. The molecule has 0 N–H and O–H groups in total. The van der Waals surface area contributed by atoms with E-state index >= 15 is 0 Å². The van der Waals surface area contributed by atoms with E-state index < -0.39 is 11.7 Å². The average molecular weight is 305 g/mol. The summed E-state index contributed by atoms with van der Waals surface area (Å²) in [5.41, 5.74) is 0.547. The predicted octanol–water partition coefficient (Wildman–Crippen LogP) is 3.90. The van der Waals surface area contributed by atoms with Crippen molar-refractivity contribution in [3.05, 3.63) is 70.8 Å². The minimum atomic E-state index is -4.42. The van der Waals surface area contributed by atoms with Crippen molar-refractivity contribution >= 4 is 5.91 Å². The third-order valence-electron chi connectivity index (χ3n) is 3.85. The molecule has 1 aliphatic rings. The number of halogens is 3. The van der Waals surface area contributed by atoms with Crippen LogP contribution in [0.25, 0.3) is 0 Å². The van der Waals surface area contributed by atoms with Crippen LogP contribution in [-0.2, 0) is 19.1 Å². The van der Waals surface area contributed by atoms with Crippen LogP contribution in [-0.4, -0.2) is 17.4 Å². The van der Waals surface area contributed by atoms with Crippen LogP contribution in [0.2, 0.25) is 0 Å². The molecule has 0 unspecified atom stereocenters. The van der Waals surface area contributed by atoms with E-state index in [1.807, 2.05) is 30.3 Å². The zero-order valence-electron chi connectivity index (χ0n) is 11.7. The highest BCUT2D eigenvalue weighted by molar-refractivity contribution is 5.97. The van der Waals surface area contributed by atoms with Gasteiger partial charge in [-0.3, -0.25) is 4.79 Å². The van der Waals surface area contributed by atoms with Crippen molar-refractivity contribution in [3.8, 4) is 0 Å². The maximum Gasteiger partial charge on any atom is 0.416 e. The Bertz CT molecular complexity index is 695. The predicted molar refractivity (Wildman–Crippen MR) is 76.3 cm³/mol. The number of nitrogens with zero attached hydrogens (tertiary/aromatic N) is 1. The van der Waals surface area contributed by atoms with Crippen LogP contribution >= 0.6 is 0 Å². The summed E-state index contributed by atoms with van der Waals surface area (Å²) in [6, 6.07) is 13.2. The molecule has 2 aromatic carbocycles. The van der Waals surface area contributed by atoms with Gasteiger partial charge >= 0.3 is 6.18 Å². The lowest BCUT2D eigenvalue weighted by molar-refractivity contribution is -0.138. The van der Waals surface area contributed by atoms with Crippen molar-refractivity contribution in [3.63, 3.8) is 0 Å². The van der Waals surface area contributed by atoms with Gasteiger partial charge in [0, 0.05) is 18.7 Å². The fraction of sp³-hybridized carbons (Fsp3) is 0.235. The van der Waals surface area contributed by atoms with Crippen LogP contribution in [0.3, 0.4) is 0 Å². The molecule has 22 heavy (non-hydrogen) atoms. The van der Waals surface area contributed by atoms with Gasteiger partial charge in [0.25, 0.3) is 5.91 Å². The van der Waals surface area contributed by atoms with Crippen LogP contribution in [0.15, 0.2) is 48.5 Å². The molecule has 5 heteroatoms. The van der Waals surface area contributed by atoms with Crippen molar-refractivity contribution < 1.29 is 18.0 Å². The van der Waals surface area contributed by atoms with Gasteiger partial charge in [-0.25, -0.2) is 0 Å². The first-order valence-electron chi connectivity index (χ1n) is 6.99. The van der Waals surface area contributed by atoms with Crippen LogP contribution < -0.4 is 0 Å². The molecule has 0 radical (unpaired) electrons. The number of amides is 1. The topological polar surface area (TPSA) is 20.3 Å². The third-order valence-corrected chi connectivity index (χ3v) is 3.85. The molecule has 1 aliphatic heterocycles. The Balaban J connectivity index is 1.90. The number of alkyl halides is 3. The molecule has 2 nitrogen and oxygen atoms in total. The Labute approximate surface area is 126 Å². The summed E-state index contributed by atoms with van der Waals surface area (Å²) in [5, 5.41) is 0. The van der Waals surface area contributed by atoms with E-state index in [1.54, 1.807) is 4.90 Å². The zero-order valence-corrected chi connectivity index (χ0v) is 11.7. The number of hydrogen-bond acceptors (Lipinski definition) is 1. The highest BCUT2D eigenvalue weighted by atomic mass is 19.4. The molecule has 3 rings (SSSR count). The van der Waals surface area contributed by atoms with E-state index in [4.69, 9.17) is 0 Å². The highest BCUT2D eigenvalue weighted by Crippen LogP contribution is 2.35. The van der Waals surface area contributed by atoms with Crippen molar-refractivity contribution in [2.45, 2.75) is 19.1 Å².